The maximum Gasteiger partial charge on any atom is 0.224 e. The van der Waals surface area contributed by atoms with Gasteiger partial charge in [-0.25, -0.2) is 0 Å². The van der Waals surface area contributed by atoms with Crippen LogP contribution in [-0.2, 0) is 16.0 Å². The highest BCUT2D eigenvalue weighted by molar-refractivity contribution is 5.79. The lowest BCUT2D eigenvalue weighted by atomic mass is 10.1. The maximum atomic E-state index is 12.5. The maximum absolute atomic E-state index is 12.5. The number of ether oxygens (including phenoxy) is 1. The molecule has 2 saturated carbocycles. The normalized spacial score (nSPS) is 24.3. The van der Waals surface area contributed by atoms with Crippen LogP contribution in [0.15, 0.2) is 24.3 Å². The molecular weight excluding hydrogens is 366 g/mol. The molecule has 1 aromatic carbocycles. The zero-order valence-corrected chi connectivity index (χ0v) is 17.4. The van der Waals surface area contributed by atoms with E-state index in [0.29, 0.717) is 37.5 Å². The van der Waals surface area contributed by atoms with E-state index in [0.717, 1.165) is 49.5 Å². The third kappa shape index (κ3) is 5.95. The minimum Gasteiger partial charge on any atom is -0.497 e. The monoisotopic (exact) mass is 399 g/mol. The van der Waals surface area contributed by atoms with Gasteiger partial charge in [-0.15, -0.1) is 0 Å². The zero-order chi connectivity index (χ0) is 20.2. The zero-order valence-electron chi connectivity index (χ0n) is 17.4. The predicted molar refractivity (Wildman–Crippen MR) is 112 cm³/mol. The first kappa shape index (κ1) is 20.2. The average molecular weight is 400 g/mol. The van der Waals surface area contributed by atoms with Gasteiger partial charge in [0, 0.05) is 37.6 Å². The number of hydrogen-bond donors (Lipinski definition) is 2. The molecule has 2 amide bonds. The fraction of sp³-hybridized carbons (Fsp3) is 0.652. The summed E-state index contributed by atoms with van der Waals surface area (Å²) in [6.07, 6.45) is 7.90. The summed E-state index contributed by atoms with van der Waals surface area (Å²) in [6, 6.07) is 8.72. The van der Waals surface area contributed by atoms with E-state index in [-0.39, 0.29) is 11.8 Å². The predicted octanol–water partition coefficient (Wildman–Crippen LogP) is 2.27. The van der Waals surface area contributed by atoms with Gasteiger partial charge >= 0.3 is 0 Å². The summed E-state index contributed by atoms with van der Waals surface area (Å²) < 4.78 is 5.23. The fourth-order valence-electron chi connectivity index (χ4n) is 4.34. The van der Waals surface area contributed by atoms with Crippen LogP contribution in [0.1, 0.15) is 50.5 Å². The largest absolute Gasteiger partial charge is 0.497 e. The minimum absolute atomic E-state index is 0.0413. The minimum atomic E-state index is 0.0413. The van der Waals surface area contributed by atoms with Crippen LogP contribution in [-0.4, -0.2) is 55.0 Å². The molecule has 0 radical (unpaired) electrons. The third-order valence-electron chi connectivity index (χ3n) is 6.33. The summed E-state index contributed by atoms with van der Waals surface area (Å²) in [6.45, 7) is 1.73. The van der Waals surface area contributed by atoms with Gasteiger partial charge in [-0.05, 0) is 62.1 Å². The van der Waals surface area contributed by atoms with E-state index in [2.05, 4.69) is 15.5 Å². The molecule has 1 heterocycles. The standard InChI is InChI=1S/C23H33N3O3/c1-29-21-4-2-3-17(11-21)12-22(27)24-14-20-10-9-19(26(20)15-16-5-6-16)13-23(28)25-18-7-8-18/h2-4,11,16,18-20H,5-10,12-15H2,1H3,(H,24,27)(H,25,28)/t19-,20+/m1/s1. The Kier molecular flexibility index (Phi) is 6.38. The molecule has 29 heavy (non-hydrogen) atoms. The van der Waals surface area contributed by atoms with Gasteiger partial charge in [0.2, 0.25) is 11.8 Å². The highest BCUT2D eigenvalue weighted by atomic mass is 16.5. The molecule has 6 heteroatoms. The van der Waals surface area contributed by atoms with Crippen LogP contribution in [0.25, 0.3) is 0 Å². The molecule has 3 fully saturated rings. The lowest BCUT2D eigenvalue weighted by Crippen LogP contribution is -2.45. The van der Waals surface area contributed by atoms with E-state index < -0.39 is 0 Å². The summed E-state index contributed by atoms with van der Waals surface area (Å²) >= 11 is 0. The molecule has 0 aromatic heterocycles. The number of amides is 2. The van der Waals surface area contributed by atoms with Gasteiger partial charge in [-0.1, -0.05) is 12.1 Å². The smallest absolute Gasteiger partial charge is 0.224 e. The summed E-state index contributed by atoms with van der Waals surface area (Å²) in [4.78, 5) is 27.3. The van der Waals surface area contributed by atoms with E-state index in [9.17, 15) is 9.59 Å². The van der Waals surface area contributed by atoms with Crippen LogP contribution in [0.3, 0.4) is 0 Å². The number of hydrogen-bond acceptors (Lipinski definition) is 4. The average Bonchev–Trinajstić information content (AvgIpc) is 3.63. The molecular formula is C23H33N3O3. The molecule has 0 spiro atoms. The Morgan fingerprint density at radius 1 is 1.07 bits per heavy atom. The molecule has 4 rings (SSSR count). The van der Waals surface area contributed by atoms with Gasteiger partial charge in [0.1, 0.15) is 5.75 Å². The number of carbonyl (C=O) groups excluding carboxylic acids is 2. The van der Waals surface area contributed by atoms with Crippen LogP contribution in [0.4, 0.5) is 0 Å². The second kappa shape index (κ2) is 9.16. The summed E-state index contributed by atoms with van der Waals surface area (Å²) in [5.74, 6) is 1.78. The first-order valence-corrected chi connectivity index (χ1v) is 11.1. The van der Waals surface area contributed by atoms with Crippen molar-refractivity contribution in [2.75, 3.05) is 20.2 Å². The quantitative estimate of drug-likeness (QED) is 0.633. The highest BCUT2D eigenvalue weighted by Gasteiger charge is 2.38. The van der Waals surface area contributed by atoms with Gasteiger partial charge in [0.25, 0.3) is 0 Å². The fourth-order valence-corrected chi connectivity index (χ4v) is 4.34. The summed E-state index contributed by atoms with van der Waals surface area (Å²) in [5, 5.41) is 6.25. The number of likely N-dealkylation sites (tertiary alicyclic amines) is 1. The van der Waals surface area contributed by atoms with Gasteiger partial charge < -0.3 is 15.4 Å². The van der Waals surface area contributed by atoms with Gasteiger partial charge in [0.05, 0.1) is 13.5 Å². The molecule has 2 atom stereocenters. The SMILES string of the molecule is COc1cccc(CC(=O)NC[C@@H]2CC[C@H](CC(=O)NC3CC3)N2CC2CC2)c1. The molecule has 2 N–H and O–H groups in total. The Bertz CT molecular complexity index is 730. The van der Waals surface area contributed by atoms with Crippen molar-refractivity contribution in [2.24, 2.45) is 5.92 Å². The molecule has 1 saturated heterocycles. The van der Waals surface area contributed by atoms with Crippen molar-refractivity contribution < 1.29 is 14.3 Å². The second-order valence-corrected chi connectivity index (χ2v) is 8.90. The Morgan fingerprint density at radius 2 is 1.86 bits per heavy atom. The molecule has 158 valence electrons. The van der Waals surface area contributed by atoms with E-state index in [1.165, 1.54) is 12.8 Å². The Labute approximate surface area is 173 Å². The molecule has 3 aliphatic rings. The van der Waals surface area contributed by atoms with Crippen LogP contribution in [0.5, 0.6) is 5.75 Å². The van der Waals surface area contributed by atoms with E-state index in [4.69, 9.17) is 4.74 Å². The number of carbonyl (C=O) groups is 2. The lowest BCUT2D eigenvalue weighted by molar-refractivity contribution is -0.123. The highest BCUT2D eigenvalue weighted by Crippen LogP contribution is 2.35. The molecule has 0 unspecified atom stereocenters. The van der Waals surface area contributed by atoms with Gasteiger partial charge in [-0.3, -0.25) is 14.5 Å². The Balaban J connectivity index is 1.28. The lowest BCUT2D eigenvalue weighted by Gasteiger charge is -2.30. The van der Waals surface area contributed by atoms with Gasteiger partial charge in [0.15, 0.2) is 0 Å². The first-order chi connectivity index (χ1) is 14.1. The summed E-state index contributed by atoms with van der Waals surface area (Å²) in [5.41, 5.74) is 0.956. The first-order valence-electron chi connectivity index (χ1n) is 11.1. The number of nitrogens with zero attached hydrogens (tertiary/aromatic N) is 1. The van der Waals surface area contributed by atoms with Crippen LogP contribution < -0.4 is 15.4 Å². The van der Waals surface area contributed by atoms with Crippen molar-refractivity contribution in [1.29, 1.82) is 0 Å². The van der Waals surface area contributed by atoms with E-state index in [1.807, 2.05) is 24.3 Å². The van der Waals surface area contributed by atoms with Crippen LogP contribution in [0, 0.1) is 5.92 Å². The van der Waals surface area contributed by atoms with Crippen molar-refractivity contribution in [2.45, 2.75) is 69.5 Å². The van der Waals surface area contributed by atoms with Gasteiger partial charge in [-0.2, -0.15) is 0 Å². The third-order valence-corrected chi connectivity index (χ3v) is 6.33. The van der Waals surface area contributed by atoms with Crippen molar-refractivity contribution in [3.05, 3.63) is 29.8 Å². The topological polar surface area (TPSA) is 70.7 Å². The molecule has 6 nitrogen and oxygen atoms in total. The number of nitrogens with one attached hydrogen (secondary N) is 2. The molecule has 1 aliphatic heterocycles. The molecule has 1 aromatic rings. The number of rotatable bonds is 10. The van der Waals surface area contributed by atoms with E-state index >= 15 is 0 Å². The molecule has 2 aliphatic carbocycles. The van der Waals surface area contributed by atoms with Crippen molar-refractivity contribution in [3.8, 4) is 5.75 Å². The van der Waals surface area contributed by atoms with Crippen LogP contribution >= 0.6 is 0 Å². The summed E-state index contributed by atoms with van der Waals surface area (Å²) in [7, 11) is 1.63. The Hall–Kier alpha value is -2.08. The van der Waals surface area contributed by atoms with E-state index in [1.54, 1.807) is 7.11 Å². The van der Waals surface area contributed by atoms with Crippen molar-refractivity contribution in [1.82, 2.24) is 15.5 Å². The van der Waals surface area contributed by atoms with Crippen molar-refractivity contribution >= 4 is 11.8 Å². The molecule has 0 bridgehead atoms. The Morgan fingerprint density at radius 3 is 2.59 bits per heavy atom. The van der Waals surface area contributed by atoms with Crippen LogP contribution in [0.2, 0.25) is 0 Å². The second-order valence-electron chi connectivity index (χ2n) is 8.90. The number of benzene rings is 1. The van der Waals surface area contributed by atoms with Crippen molar-refractivity contribution in [3.63, 3.8) is 0 Å². The number of methoxy groups -OCH3 is 1.